The highest BCUT2D eigenvalue weighted by molar-refractivity contribution is 5.77. The first-order valence-corrected chi connectivity index (χ1v) is 9.55. The largest absolute Gasteiger partial charge is 0.394 e. The van der Waals surface area contributed by atoms with Gasteiger partial charge in [-0.05, 0) is 24.5 Å². The second-order valence-electron chi connectivity index (χ2n) is 7.05. The van der Waals surface area contributed by atoms with Crippen LogP contribution in [0.1, 0.15) is 44.2 Å². The molecule has 0 radical (unpaired) electrons. The molecule has 6 nitrogen and oxygen atoms in total. The monoisotopic (exact) mass is 373 g/mol. The number of nitrogens with zero attached hydrogens (tertiary/aromatic N) is 2. The molecule has 1 aliphatic rings. The van der Waals surface area contributed by atoms with Crippen molar-refractivity contribution in [3.8, 4) is 0 Å². The van der Waals surface area contributed by atoms with E-state index in [-0.39, 0.29) is 36.5 Å². The summed E-state index contributed by atoms with van der Waals surface area (Å²) < 4.78 is 0. The number of likely N-dealkylation sites (N-methyl/N-ethyl adjacent to an activating group) is 1. The van der Waals surface area contributed by atoms with E-state index in [1.165, 1.54) is 6.92 Å². The number of nitrogens with one attached hydrogen (secondary N) is 1. The van der Waals surface area contributed by atoms with Crippen LogP contribution in [0, 0.1) is 0 Å². The number of benzene rings is 1. The van der Waals surface area contributed by atoms with Crippen molar-refractivity contribution in [2.75, 3.05) is 26.7 Å². The van der Waals surface area contributed by atoms with Crippen molar-refractivity contribution in [3.05, 3.63) is 41.5 Å². The molecular weight excluding hydrogens is 342 g/mol. The number of urea groups is 1. The van der Waals surface area contributed by atoms with Gasteiger partial charge in [-0.25, -0.2) is 4.79 Å². The number of amides is 3. The molecule has 0 saturated carbocycles. The van der Waals surface area contributed by atoms with E-state index in [0.717, 1.165) is 17.5 Å². The van der Waals surface area contributed by atoms with Crippen molar-refractivity contribution >= 4 is 18.0 Å². The Bertz CT molecular complexity index is 672. The number of hydrogen-bond donors (Lipinski definition) is 2. The number of allylic oxidation sites excluding steroid dienone is 1. The molecule has 2 N–H and O–H groups in total. The minimum absolute atomic E-state index is 0.0103. The fraction of sp³-hybridized carbons (Fsp3) is 0.524. The third kappa shape index (κ3) is 4.69. The standard InChI is InChI=1S/C21H31N3O3/c1-5-7-16-8-10-17(11-9-16)20-18(13-23(4)15(3)26)24(19(20)14-25)21(27)22-12-6-2/h5,7-11,18-20,25H,6,12-14H2,1-4H3,(H,22,27)/b7-5+/t18-,19+,20+/m1/s1. The number of likely N-dealkylation sites (tertiary alicyclic amines) is 1. The van der Waals surface area contributed by atoms with E-state index in [4.69, 9.17) is 0 Å². The van der Waals surface area contributed by atoms with Crippen molar-refractivity contribution in [2.24, 2.45) is 0 Å². The quantitative estimate of drug-likeness (QED) is 0.771. The Morgan fingerprint density at radius 2 is 1.93 bits per heavy atom. The van der Waals surface area contributed by atoms with Crippen LogP contribution in [0.3, 0.4) is 0 Å². The van der Waals surface area contributed by atoms with Gasteiger partial charge in [-0.1, -0.05) is 43.3 Å². The SMILES string of the molecule is C/C=C/c1ccc([C@H]2[C@@H](CN(C)C(C)=O)N(C(=O)NCCC)[C@H]2CO)cc1. The van der Waals surface area contributed by atoms with Gasteiger partial charge >= 0.3 is 6.03 Å². The lowest BCUT2D eigenvalue weighted by Gasteiger charge is -2.55. The topological polar surface area (TPSA) is 72.9 Å². The first-order valence-electron chi connectivity index (χ1n) is 9.55. The zero-order valence-corrected chi connectivity index (χ0v) is 16.7. The Balaban J connectivity index is 2.28. The minimum atomic E-state index is -0.292. The normalized spacial score (nSPS) is 21.8. The zero-order valence-electron chi connectivity index (χ0n) is 16.7. The van der Waals surface area contributed by atoms with Gasteiger partial charge in [0.05, 0.1) is 18.7 Å². The number of carbonyl (C=O) groups is 2. The first-order chi connectivity index (χ1) is 12.9. The Labute approximate surface area is 161 Å². The molecule has 2 rings (SSSR count). The van der Waals surface area contributed by atoms with Gasteiger partial charge in [0, 0.05) is 33.0 Å². The molecule has 0 aliphatic carbocycles. The summed E-state index contributed by atoms with van der Waals surface area (Å²) in [5.41, 5.74) is 2.18. The van der Waals surface area contributed by atoms with E-state index in [1.807, 2.05) is 50.3 Å². The molecule has 0 spiro atoms. The molecule has 0 aromatic heterocycles. The molecule has 1 aromatic rings. The van der Waals surface area contributed by atoms with Gasteiger partial charge in [-0.3, -0.25) is 4.79 Å². The maximum atomic E-state index is 12.6. The average molecular weight is 373 g/mol. The van der Waals surface area contributed by atoms with Gasteiger partial charge in [0.1, 0.15) is 0 Å². The number of aliphatic hydroxyl groups excluding tert-OH is 1. The molecule has 148 valence electrons. The van der Waals surface area contributed by atoms with Crippen LogP contribution in [0.5, 0.6) is 0 Å². The van der Waals surface area contributed by atoms with Crippen molar-refractivity contribution in [2.45, 2.75) is 45.2 Å². The second kappa shape index (κ2) is 9.55. The maximum absolute atomic E-state index is 12.6. The van der Waals surface area contributed by atoms with Crippen LogP contribution in [0.4, 0.5) is 4.79 Å². The number of rotatable bonds is 7. The van der Waals surface area contributed by atoms with Crippen LogP contribution in [0.15, 0.2) is 30.3 Å². The predicted octanol–water partition coefficient (Wildman–Crippen LogP) is 2.45. The van der Waals surface area contributed by atoms with Gasteiger partial charge in [0.2, 0.25) is 5.91 Å². The Morgan fingerprint density at radius 1 is 1.26 bits per heavy atom. The zero-order chi connectivity index (χ0) is 20.0. The van der Waals surface area contributed by atoms with Crippen LogP contribution in [0.2, 0.25) is 0 Å². The van der Waals surface area contributed by atoms with Crippen molar-refractivity contribution < 1.29 is 14.7 Å². The van der Waals surface area contributed by atoms with Crippen molar-refractivity contribution in [1.82, 2.24) is 15.1 Å². The average Bonchev–Trinajstić information content (AvgIpc) is 2.64. The molecule has 6 heteroatoms. The summed E-state index contributed by atoms with van der Waals surface area (Å²) >= 11 is 0. The van der Waals surface area contributed by atoms with Crippen LogP contribution < -0.4 is 5.32 Å². The Hall–Kier alpha value is -2.34. The maximum Gasteiger partial charge on any atom is 0.318 e. The second-order valence-corrected chi connectivity index (χ2v) is 7.05. The van der Waals surface area contributed by atoms with Crippen molar-refractivity contribution in [1.29, 1.82) is 0 Å². The van der Waals surface area contributed by atoms with E-state index in [9.17, 15) is 14.7 Å². The molecule has 3 amide bonds. The highest BCUT2D eigenvalue weighted by atomic mass is 16.3. The molecule has 1 heterocycles. The van der Waals surface area contributed by atoms with E-state index in [2.05, 4.69) is 5.32 Å². The molecule has 1 saturated heterocycles. The smallest absolute Gasteiger partial charge is 0.318 e. The third-order valence-electron chi connectivity index (χ3n) is 5.17. The van der Waals surface area contributed by atoms with E-state index < -0.39 is 0 Å². The summed E-state index contributed by atoms with van der Waals surface area (Å²) in [4.78, 5) is 27.7. The van der Waals surface area contributed by atoms with Gasteiger partial charge in [-0.2, -0.15) is 0 Å². The molecule has 0 unspecified atom stereocenters. The van der Waals surface area contributed by atoms with E-state index in [1.54, 1.807) is 16.8 Å². The summed E-state index contributed by atoms with van der Waals surface area (Å²) in [6.07, 6.45) is 4.86. The molecule has 0 bridgehead atoms. The summed E-state index contributed by atoms with van der Waals surface area (Å²) in [5.74, 6) is -0.0534. The molecule has 1 fully saturated rings. The van der Waals surface area contributed by atoms with Gasteiger partial charge < -0.3 is 20.2 Å². The fourth-order valence-electron chi connectivity index (χ4n) is 3.65. The fourth-order valence-corrected chi connectivity index (χ4v) is 3.65. The first kappa shape index (κ1) is 21.0. The molecule has 1 aliphatic heterocycles. The van der Waals surface area contributed by atoms with E-state index >= 15 is 0 Å². The molecule has 3 atom stereocenters. The van der Waals surface area contributed by atoms with Crippen LogP contribution in [-0.4, -0.2) is 65.7 Å². The van der Waals surface area contributed by atoms with Gasteiger partial charge in [-0.15, -0.1) is 0 Å². The summed E-state index contributed by atoms with van der Waals surface area (Å²) in [7, 11) is 1.74. The minimum Gasteiger partial charge on any atom is -0.394 e. The van der Waals surface area contributed by atoms with Gasteiger partial charge in [0.15, 0.2) is 0 Å². The summed E-state index contributed by atoms with van der Waals surface area (Å²) in [6.45, 7) is 6.40. The summed E-state index contributed by atoms with van der Waals surface area (Å²) in [5, 5.41) is 12.8. The highest BCUT2D eigenvalue weighted by Crippen LogP contribution is 2.41. The number of aliphatic hydroxyl groups is 1. The van der Waals surface area contributed by atoms with Crippen molar-refractivity contribution in [3.63, 3.8) is 0 Å². The lowest BCUT2D eigenvalue weighted by molar-refractivity contribution is -0.129. The van der Waals surface area contributed by atoms with E-state index in [0.29, 0.717) is 13.1 Å². The van der Waals surface area contributed by atoms with Gasteiger partial charge in [0.25, 0.3) is 0 Å². The number of hydrogen-bond acceptors (Lipinski definition) is 3. The number of carbonyl (C=O) groups excluding carboxylic acids is 2. The summed E-state index contributed by atoms with van der Waals surface area (Å²) in [6, 6.07) is 7.53. The molecule has 27 heavy (non-hydrogen) atoms. The Kier molecular flexibility index (Phi) is 7.42. The lowest BCUT2D eigenvalue weighted by Crippen LogP contribution is -2.70. The van der Waals surface area contributed by atoms with Crippen LogP contribution >= 0.6 is 0 Å². The lowest BCUT2D eigenvalue weighted by atomic mass is 9.75. The van der Waals surface area contributed by atoms with Crippen LogP contribution in [-0.2, 0) is 4.79 Å². The predicted molar refractivity (Wildman–Crippen MR) is 107 cm³/mol. The Morgan fingerprint density at radius 3 is 2.44 bits per heavy atom. The molecular formula is C21H31N3O3. The molecule has 1 aromatic carbocycles. The highest BCUT2D eigenvalue weighted by Gasteiger charge is 2.51. The van der Waals surface area contributed by atoms with Crippen LogP contribution in [0.25, 0.3) is 6.08 Å². The third-order valence-corrected chi connectivity index (χ3v) is 5.17.